The van der Waals surface area contributed by atoms with Gasteiger partial charge in [0.25, 0.3) is 0 Å². The number of anilines is 3. The fraction of sp³-hybridized carbons (Fsp3) is 0.0526. The summed E-state index contributed by atoms with van der Waals surface area (Å²) in [4.78, 5) is 2.37. The van der Waals surface area contributed by atoms with E-state index in [1.165, 1.54) is 49.1 Å². The molecule has 0 N–H and O–H groups in total. The lowest BCUT2D eigenvalue weighted by atomic mass is 10.0. The van der Waals surface area contributed by atoms with Crippen molar-refractivity contribution in [1.29, 1.82) is 0 Å². The van der Waals surface area contributed by atoms with Gasteiger partial charge in [-0.25, -0.2) is 0 Å². The number of fused-ring (bicyclic) bond motifs is 7. The molecule has 6 aromatic carbocycles. The Kier molecular flexibility index (Phi) is 5.31. The van der Waals surface area contributed by atoms with Crippen molar-refractivity contribution in [3.05, 3.63) is 140 Å². The van der Waals surface area contributed by atoms with E-state index < -0.39 is 8.07 Å². The Bertz CT molecular complexity index is 2060. The molecule has 1 aromatic heterocycles. The third-order valence-electron chi connectivity index (χ3n) is 8.67. The minimum Gasteiger partial charge on any atom is -0.455 e. The van der Waals surface area contributed by atoms with Crippen LogP contribution in [0.3, 0.4) is 0 Å². The van der Waals surface area contributed by atoms with Gasteiger partial charge in [0.15, 0.2) is 0 Å². The van der Waals surface area contributed by atoms with E-state index in [1.54, 1.807) is 0 Å². The first-order chi connectivity index (χ1) is 20.1. The van der Waals surface area contributed by atoms with Crippen LogP contribution in [-0.2, 0) is 0 Å². The van der Waals surface area contributed by atoms with E-state index in [4.69, 9.17) is 4.42 Å². The van der Waals surface area contributed by atoms with E-state index in [0.29, 0.717) is 0 Å². The second-order valence-electron chi connectivity index (χ2n) is 11.4. The molecule has 7 aromatic rings. The Morgan fingerprint density at radius 3 is 1.93 bits per heavy atom. The molecular formula is C38H29NOSi. The van der Waals surface area contributed by atoms with Crippen LogP contribution in [0.2, 0.25) is 13.1 Å². The van der Waals surface area contributed by atoms with Gasteiger partial charge in [-0.1, -0.05) is 110 Å². The Morgan fingerprint density at radius 1 is 0.512 bits per heavy atom. The fourth-order valence-corrected chi connectivity index (χ4v) is 9.64. The first-order valence-corrected chi connectivity index (χ1v) is 17.2. The molecule has 0 saturated heterocycles. The molecule has 0 radical (unpaired) electrons. The van der Waals surface area contributed by atoms with Crippen LogP contribution in [0.5, 0.6) is 0 Å². The van der Waals surface area contributed by atoms with Crippen molar-refractivity contribution in [1.82, 2.24) is 0 Å². The zero-order chi connectivity index (χ0) is 27.6. The maximum Gasteiger partial charge on any atom is 0.143 e. The Labute approximate surface area is 241 Å². The third-order valence-corrected chi connectivity index (χ3v) is 12.2. The van der Waals surface area contributed by atoms with Crippen LogP contribution in [0.4, 0.5) is 17.1 Å². The average Bonchev–Trinajstić information content (AvgIpc) is 3.51. The minimum atomic E-state index is -1.97. The smallest absolute Gasteiger partial charge is 0.143 e. The molecule has 2 heterocycles. The highest BCUT2D eigenvalue weighted by Crippen LogP contribution is 2.41. The van der Waals surface area contributed by atoms with Gasteiger partial charge in [-0.3, -0.25) is 0 Å². The van der Waals surface area contributed by atoms with E-state index in [0.717, 1.165) is 22.5 Å². The molecule has 1 aliphatic heterocycles. The predicted molar refractivity (Wildman–Crippen MR) is 176 cm³/mol. The number of rotatable bonds is 4. The monoisotopic (exact) mass is 543 g/mol. The van der Waals surface area contributed by atoms with E-state index in [9.17, 15) is 0 Å². The predicted octanol–water partition coefficient (Wildman–Crippen LogP) is 9.53. The summed E-state index contributed by atoms with van der Waals surface area (Å²) in [7, 11) is -1.97. The summed E-state index contributed by atoms with van der Waals surface area (Å²) in [6.07, 6.45) is 0. The van der Waals surface area contributed by atoms with Crippen molar-refractivity contribution in [3.63, 3.8) is 0 Å². The van der Waals surface area contributed by atoms with Crippen molar-refractivity contribution >= 4 is 57.4 Å². The quantitative estimate of drug-likeness (QED) is 0.206. The summed E-state index contributed by atoms with van der Waals surface area (Å²) < 4.78 is 6.52. The number of para-hydroxylation sites is 2. The number of nitrogens with zero attached hydrogens (tertiary/aromatic N) is 1. The summed E-state index contributed by atoms with van der Waals surface area (Å²) in [6, 6.07) is 50.2. The van der Waals surface area contributed by atoms with Gasteiger partial charge >= 0.3 is 0 Å². The van der Waals surface area contributed by atoms with Crippen LogP contribution in [-0.4, -0.2) is 8.07 Å². The van der Waals surface area contributed by atoms with Crippen LogP contribution < -0.4 is 15.3 Å². The Hall–Kier alpha value is -4.86. The molecule has 0 bridgehead atoms. The molecule has 3 heteroatoms. The van der Waals surface area contributed by atoms with Crippen molar-refractivity contribution in [2.24, 2.45) is 0 Å². The molecule has 196 valence electrons. The molecule has 0 spiro atoms. The Morgan fingerprint density at radius 2 is 1.15 bits per heavy atom. The normalized spacial score (nSPS) is 13.3. The zero-order valence-electron chi connectivity index (χ0n) is 23.1. The van der Waals surface area contributed by atoms with Crippen LogP contribution >= 0.6 is 0 Å². The molecule has 0 atom stereocenters. The van der Waals surface area contributed by atoms with Crippen LogP contribution in [0.15, 0.2) is 144 Å². The lowest BCUT2D eigenvalue weighted by molar-refractivity contribution is 0.670. The molecular weight excluding hydrogens is 515 g/mol. The summed E-state index contributed by atoms with van der Waals surface area (Å²) >= 11 is 0. The summed E-state index contributed by atoms with van der Waals surface area (Å²) in [5.74, 6) is 0. The number of furan rings is 1. The average molecular weight is 544 g/mol. The first-order valence-electron chi connectivity index (χ1n) is 14.2. The number of benzene rings is 6. The highest BCUT2D eigenvalue weighted by Gasteiger charge is 2.40. The maximum atomic E-state index is 6.52. The topological polar surface area (TPSA) is 16.4 Å². The van der Waals surface area contributed by atoms with Gasteiger partial charge in [-0.05, 0) is 69.5 Å². The molecule has 2 nitrogen and oxygen atoms in total. The molecule has 0 aliphatic carbocycles. The second kappa shape index (κ2) is 9.08. The Balaban J connectivity index is 1.29. The minimum absolute atomic E-state index is 0.953. The van der Waals surface area contributed by atoms with E-state index in [-0.39, 0.29) is 0 Å². The molecule has 1 aliphatic rings. The van der Waals surface area contributed by atoms with Crippen molar-refractivity contribution in [2.45, 2.75) is 13.1 Å². The van der Waals surface area contributed by atoms with E-state index >= 15 is 0 Å². The number of hydrogen-bond donors (Lipinski definition) is 0. The van der Waals surface area contributed by atoms with Crippen molar-refractivity contribution in [3.8, 4) is 22.3 Å². The third kappa shape index (κ3) is 3.70. The van der Waals surface area contributed by atoms with Crippen LogP contribution in [0.1, 0.15) is 0 Å². The van der Waals surface area contributed by atoms with Crippen LogP contribution in [0, 0.1) is 0 Å². The van der Waals surface area contributed by atoms with Crippen molar-refractivity contribution < 1.29 is 4.42 Å². The zero-order valence-corrected chi connectivity index (χ0v) is 24.1. The summed E-state index contributed by atoms with van der Waals surface area (Å²) in [6.45, 7) is 4.94. The van der Waals surface area contributed by atoms with Gasteiger partial charge in [0.1, 0.15) is 19.2 Å². The largest absolute Gasteiger partial charge is 0.455 e. The van der Waals surface area contributed by atoms with Crippen LogP contribution in [0.25, 0.3) is 44.2 Å². The lowest BCUT2D eigenvalue weighted by Crippen LogP contribution is -2.49. The second-order valence-corrected chi connectivity index (χ2v) is 15.7. The summed E-state index contributed by atoms with van der Waals surface area (Å²) in [5, 5.41) is 5.30. The van der Waals surface area contributed by atoms with Gasteiger partial charge in [-0.2, -0.15) is 0 Å². The van der Waals surface area contributed by atoms with Gasteiger partial charge in [0.2, 0.25) is 0 Å². The molecule has 41 heavy (non-hydrogen) atoms. The molecule has 0 saturated carbocycles. The maximum absolute atomic E-state index is 6.52. The van der Waals surface area contributed by atoms with E-state index in [2.05, 4.69) is 158 Å². The highest BCUT2D eigenvalue weighted by molar-refractivity contribution is 7.04. The van der Waals surface area contributed by atoms with Gasteiger partial charge in [-0.15, -0.1) is 0 Å². The molecule has 0 fully saturated rings. The first kappa shape index (κ1) is 24.0. The molecule has 0 unspecified atom stereocenters. The molecule has 8 rings (SSSR count). The SMILES string of the molecule is C[Si]1(C)c2cc(N(c3ccccc3)c3ccc(-c4ccccc4)cc3)ccc2-c2c1ccc1c2oc2ccccc21. The van der Waals surface area contributed by atoms with Gasteiger partial charge in [0.05, 0.1) is 0 Å². The van der Waals surface area contributed by atoms with Gasteiger partial charge in [0, 0.05) is 33.4 Å². The van der Waals surface area contributed by atoms with Gasteiger partial charge < -0.3 is 9.32 Å². The fourth-order valence-electron chi connectivity index (χ4n) is 6.59. The van der Waals surface area contributed by atoms with E-state index in [1.807, 2.05) is 0 Å². The molecule has 0 amide bonds. The standard InChI is InChI=1S/C38H29NOSi/c1-41(2)35-24-23-32-31-15-9-10-16-34(31)40-38(32)37(35)33-22-21-30(25-36(33)41)39(28-13-7-4-8-14-28)29-19-17-27(18-20-29)26-11-5-3-6-12-26/h3-25H,1-2H3. The lowest BCUT2D eigenvalue weighted by Gasteiger charge is -2.27. The summed E-state index contributed by atoms with van der Waals surface area (Å²) in [5.41, 5.74) is 10.5. The van der Waals surface area contributed by atoms with Crippen molar-refractivity contribution in [2.75, 3.05) is 4.90 Å². The highest BCUT2D eigenvalue weighted by atomic mass is 28.3. The number of hydrogen-bond acceptors (Lipinski definition) is 2.